The molecule has 0 bridgehead atoms. The summed E-state index contributed by atoms with van der Waals surface area (Å²) in [4.78, 5) is 30.6. The third-order valence-electron chi connectivity index (χ3n) is 5.38. The molecular weight excluding hydrogens is 396 g/mol. The predicted octanol–water partition coefficient (Wildman–Crippen LogP) is 5.17. The summed E-state index contributed by atoms with van der Waals surface area (Å²) in [6.45, 7) is 4.94. The smallest absolute Gasteiger partial charge is 0.329 e. The van der Waals surface area contributed by atoms with Crippen LogP contribution in [0.1, 0.15) is 26.6 Å². The van der Waals surface area contributed by atoms with Crippen LogP contribution in [0.25, 0.3) is 32.5 Å². The number of carboxylic acids is 1. The van der Waals surface area contributed by atoms with Crippen molar-refractivity contribution in [3.63, 3.8) is 0 Å². The second kappa shape index (κ2) is 7.54. The van der Waals surface area contributed by atoms with E-state index in [0.717, 1.165) is 22.3 Å². The molecule has 0 atom stereocenters. The van der Waals surface area contributed by atoms with Gasteiger partial charge < -0.3 is 5.11 Å². The average Bonchev–Trinajstić information content (AvgIpc) is 3.18. The Kier molecular flexibility index (Phi) is 5.03. The first-order valence-electron chi connectivity index (χ1n) is 9.77. The molecule has 5 nitrogen and oxygen atoms in total. The molecule has 0 fully saturated rings. The lowest BCUT2D eigenvalue weighted by Crippen LogP contribution is -2.44. The molecule has 0 aliphatic rings. The van der Waals surface area contributed by atoms with Crippen molar-refractivity contribution in [2.45, 2.75) is 32.7 Å². The summed E-state index contributed by atoms with van der Waals surface area (Å²) < 4.78 is 1.33. The van der Waals surface area contributed by atoms with Gasteiger partial charge >= 0.3 is 5.97 Å². The van der Waals surface area contributed by atoms with Crippen molar-refractivity contribution < 1.29 is 9.90 Å². The number of nitrogens with zero attached hydrogens (tertiary/aromatic N) is 2. The van der Waals surface area contributed by atoms with Crippen LogP contribution in [0.2, 0.25) is 0 Å². The third kappa shape index (κ3) is 3.23. The van der Waals surface area contributed by atoms with Crippen LogP contribution < -0.4 is 5.56 Å². The molecule has 4 rings (SSSR count). The Morgan fingerprint density at radius 3 is 2.23 bits per heavy atom. The first-order chi connectivity index (χ1) is 14.3. The minimum atomic E-state index is -1.39. The van der Waals surface area contributed by atoms with E-state index in [-0.39, 0.29) is 5.56 Å². The number of hydrogen-bond acceptors (Lipinski definition) is 4. The fourth-order valence-corrected chi connectivity index (χ4v) is 4.58. The summed E-state index contributed by atoms with van der Waals surface area (Å²) in [6, 6.07) is 18.1. The number of hydrogen-bond donors (Lipinski definition) is 1. The summed E-state index contributed by atoms with van der Waals surface area (Å²) >= 11 is 1.41. The molecule has 2 heterocycles. The number of benzene rings is 2. The van der Waals surface area contributed by atoms with Gasteiger partial charge in [-0.15, -0.1) is 11.3 Å². The highest BCUT2D eigenvalue weighted by molar-refractivity contribution is 7.17. The monoisotopic (exact) mass is 418 g/mol. The molecule has 152 valence electrons. The summed E-state index contributed by atoms with van der Waals surface area (Å²) in [7, 11) is 0. The number of aliphatic carboxylic acids is 1. The SMILES string of the molecule is CCc1nc2scc(-c3ccc(-c4ccccc4)cc3)c2c(=O)n1C(C)(C)C(=O)O. The minimum absolute atomic E-state index is 0.312. The fourth-order valence-electron chi connectivity index (χ4n) is 3.63. The molecule has 4 aromatic rings. The van der Waals surface area contributed by atoms with E-state index in [4.69, 9.17) is 0 Å². The Hall–Kier alpha value is -3.25. The fraction of sp³-hybridized carbons (Fsp3) is 0.208. The largest absolute Gasteiger partial charge is 0.480 e. The van der Waals surface area contributed by atoms with E-state index in [0.29, 0.717) is 22.5 Å². The molecule has 0 saturated heterocycles. The van der Waals surface area contributed by atoms with E-state index in [1.807, 2.05) is 54.8 Å². The molecular formula is C24H22N2O3S. The number of aromatic nitrogens is 2. The van der Waals surface area contributed by atoms with Gasteiger partial charge in [0.05, 0.1) is 5.39 Å². The zero-order valence-corrected chi connectivity index (χ0v) is 17.9. The Morgan fingerprint density at radius 1 is 1.03 bits per heavy atom. The van der Waals surface area contributed by atoms with Crippen LogP contribution in [-0.4, -0.2) is 20.6 Å². The van der Waals surface area contributed by atoms with Gasteiger partial charge in [-0.25, -0.2) is 9.78 Å². The van der Waals surface area contributed by atoms with E-state index in [1.54, 1.807) is 0 Å². The molecule has 0 aliphatic carbocycles. The van der Waals surface area contributed by atoms with Gasteiger partial charge in [-0.1, -0.05) is 61.5 Å². The highest BCUT2D eigenvalue weighted by Gasteiger charge is 2.34. The summed E-state index contributed by atoms with van der Waals surface area (Å²) in [5.41, 5.74) is 2.20. The van der Waals surface area contributed by atoms with Gasteiger partial charge in [-0.2, -0.15) is 0 Å². The lowest BCUT2D eigenvalue weighted by atomic mass is 10.00. The van der Waals surface area contributed by atoms with Crippen LogP contribution in [0.15, 0.2) is 64.8 Å². The first-order valence-corrected chi connectivity index (χ1v) is 10.7. The maximum absolute atomic E-state index is 13.5. The Morgan fingerprint density at radius 2 is 1.63 bits per heavy atom. The van der Waals surface area contributed by atoms with Crippen molar-refractivity contribution in [3.05, 3.63) is 76.2 Å². The van der Waals surface area contributed by atoms with Crippen LogP contribution in [0.3, 0.4) is 0 Å². The molecule has 30 heavy (non-hydrogen) atoms. The van der Waals surface area contributed by atoms with E-state index in [1.165, 1.54) is 29.8 Å². The van der Waals surface area contributed by atoms with Crippen molar-refractivity contribution in [1.82, 2.24) is 9.55 Å². The summed E-state index contributed by atoms with van der Waals surface area (Å²) in [5, 5.41) is 12.1. The van der Waals surface area contributed by atoms with Gasteiger partial charge in [0.1, 0.15) is 16.2 Å². The second-order valence-corrected chi connectivity index (χ2v) is 8.52. The van der Waals surface area contributed by atoms with Crippen LogP contribution in [-0.2, 0) is 16.8 Å². The van der Waals surface area contributed by atoms with E-state index in [9.17, 15) is 14.7 Å². The maximum atomic E-state index is 13.5. The minimum Gasteiger partial charge on any atom is -0.480 e. The first kappa shape index (κ1) is 20.0. The number of thiophene rings is 1. The molecule has 2 aromatic carbocycles. The van der Waals surface area contributed by atoms with Gasteiger partial charge in [-0.05, 0) is 30.5 Å². The second-order valence-electron chi connectivity index (χ2n) is 7.66. The van der Waals surface area contributed by atoms with Crippen LogP contribution in [0.4, 0.5) is 0 Å². The Labute approximate surface area is 178 Å². The Balaban J connectivity index is 1.89. The lowest BCUT2D eigenvalue weighted by Gasteiger charge is -2.25. The molecule has 0 radical (unpaired) electrons. The molecule has 1 N–H and O–H groups in total. The van der Waals surface area contributed by atoms with Crippen molar-refractivity contribution in [2.75, 3.05) is 0 Å². The molecule has 0 aliphatic heterocycles. The van der Waals surface area contributed by atoms with Gasteiger partial charge in [0.25, 0.3) is 5.56 Å². The zero-order valence-electron chi connectivity index (χ0n) is 17.0. The van der Waals surface area contributed by atoms with Gasteiger partial charge in [0.2, 0.25) is 0 Å². The number of rotatable bonds is 5. The van der Waals surface area contributed by atoms with Crippen molar-refractivity contribution in [1.29, 1.82) is 0 Å². The maximum Gasteiger partial charge on any atom is 0.329 e. The highest BCUT2D eigenvalue weighted by atomic mass is 32.1. The number of aryl methyl sites for hydroxylation is 1. The zero-order chi connectivity index (χ0) is 21.5. The standard InChI is InChI=1S/C24H22N2O3S/c1-4-19-25-21-20(22(27)26(19)24(2,3)23(28)29)18(14-30-21)17-12-10-16(11-13-17)15-8-6-5-7-9-15/h5-14H,4H2,1-3H3,(H,28,29). The van der Waals surface area contributed by atoms with E-state index < -0.39 is 11.5 Å². The number of carboxylic acid groups (broad SMARTS) is 1. The van der Waals surface area contributed by atoms with E-state index >= 15 is 0 Å². The van der Waals surface area contributed by atoms with Crippen LogP contribution in [0.5, 0.6) is 0 Å². The average molecular weight is 419 g/mol. The number of carbonyl (C=O) groups is 1. The van der Waals surface area contributed by atoms with Crippen molar-refractivity contribution in [3.8, 4) is 22.3 Å². The van der Waals surface area contributed by atoms with Gasteiger partial charge in [0, 0.05) is 17.4 Å². The highest BCUT2D eigenvalue weighted by Crippen LogP contribution is 2.33. The predicted molar refractivity (Wildman–Crippen MR) is 121 cm³/mol. The molecule has 0 unspecified atom stereocenters. The molecule has 0 spiro atoms. The summed E-state index contributed by atoms with van der Waals surface area (Å²) in [5.74, 6) is -0.586. The van der Waals surface area contributed by atoms with E-state index in [2.05, 4.69) is 17.1 Å². The third-order valence-corrected chi connectivity index (χ3v) is 6.25. The molecule has 2 aromatic heterocycles. The Bertz CT molecular complexity index is 1290. The number of fused-ring (bicyclic) bond motifs is 1. The van der Waals surface area contributed by atoms with Gasteiger partial charge in [-0.3, -0.25) is 9.36 Å². The lowest BCUT2D eigenvalue weighted by molar-refractivity contribution is -0.146. The van der Waals surface area contributed by atoms with Gasteiger partial charge in [0.15, 0.2) is 0 Å². The van der Waals surface area contributed by atoms with Crippen molar-refractivity contribution >= 4 is 27.5 Å². The topological polar surface area (TPSA) is 72.2 Å². The van der Waals surface area contributed by atoms with Crippen LogP contribution in [0, 0.1) is 0 Å². The van der Waals surface area contributed by atoms with Crippen molar-refractivity contribution in [2.24, 2.45) is 0 Å². The van der Waals surface area contributed by atoms with Crippen LogP contribution >= 0.6 is 11.3 Å². The summed E-state index contributed by atoms with van der Waals surface area (Å²) in [6.07, 6.45) is 0.473. The molecule has 6 heteroatoms. The quantitative estimate of drug-likeness (QED) is 0.485. The normalized spacial score (nSPS) is 11.7. The molecule has 0 amide bonds. The molecule has 0 saturated carbocycles.